The summed E-state index contributed by atoms with van der Waals surface area (Å²) in [5, 5.41) is 3.76. The fourth-order valence-electron chi connectivity index (χ4n) is 1.76. The molecule has 16 heavy (non-hydrogen) atoms. The molecular formula is C11H16ClN3O. The van der Waals surface area contributed by atoms with Crippen molar-refractivity contribution >= 4 is 11.6 Å². The fraction of sp³-hybridized carbons (Fsp3) is 0.545. The van der Waals surface area contributed by atoms with Crippen molar-refractivity contribution in [2.75, 3.05) is 19.7 Å². The zero-order valence-electron chi connectivity index (χ0n) is 9.08. The van der Waals surface area contributed by atoms with Crippen molar-refractivity contribution in [2.45, 2.75) is 13.0 Å². The average Bonchev–Trinajstić information content (AvgIpc) is 2.81. The van der Waals surface area contributed by atoms with Crippen LogP contribution in [-0.4, -0.2) is 24.7 Å². The Morgan fingerprint density at radius 3 is 3.19 bits per heavy atom. The molecule has 3 N–H and O–H groups in total. The lowest BCUT2D eigenvalue weighted by Crippen LogP contribution is -2.15. The number of hydrogen-bond acceptors (Lipinski definition) is 4. The van der Waals surface area contributed by atoms with Crippen LogP contribution in [0.5, 0.6) is 5.75 Å². The topological polar surface area (TPSA) is 60.2 Å². The first-order valence-electron chi connectivity index (χ1n) is 5.47. The van der Waals surface area contributed by atoms with E-state index in [1.165, 1.54) is 6.42 Å². The molecule has 1 atom stereocenters. The minimum atomic E-state index is 0.383. The van der Waals surface area contributed by atoms with Gasteiger partial charge in [0.05, 0.1) is 12.8 Å². The second kappa shape index (κ2) is 5.48. The molecule has 0 radical (unpaired) electrons. The van der Waals surface area contributed by atoms with Crippen LogP contribution < -0.4 is 15.8 Å². The number of nitrogens with one attached hydrogen (secondary N) is 1. The van der Waals surface area contributed by atoms with Gasteiger partial charge >= 0.3 is 0 Å². The normalized spacial score (nSPS) is 20.0. The van der Waals surface area contributed by atoms with Crippen LogP contribution in [0.3, 0.4) is 0 Å². The van der Waals surface area contributed by atoms with Crippen molar-refractivity contribution in [1.82, 2.24) is 10.3 Å². The van der Waals surface area contributed by atoms with Crippen molar-refractivity contribution in [3.05, 3.63) is 23.0 Å². The van der Waals surface area contributed by atoms with Gasteiger partial charge in [-0.2, -0.15) is 0 Å². The van der Waals surface area contributed by atoms with Gasteiger partial charge in [-0.15, -0.1) is 0 Å². The number of pyridine rings is 1. The van der Waals surface area contributed by atoms with E-state index in [1.54, 1.807) is 6.20 Å². The van der Waals surface area contributed by atoms with Crippen LogP contribution in [0, 0.1) is 5.92 Å². The van der Waals surface area contributed by atoms with Gasteiger partial charge in [-0.3, -0.25) is 0 Å². The van der Waals surface area contributed by atoms with E-state index in [1.807, 2.05) is 6.07 Å². The van der Waals surface area contributed by atoms with Gasteiger partial charge in [-0.25, -0.2) is 4.98 Å². The molecule has 1 fully saturated rings. The van der Waals surface area contributed by atoms with Crippen LogP contribution in [0.4, 0.5) is 0 Å². The Balaban J connectivity index is 1.93. The molecule has 88 valence electrons. The maximum Gasteiger partial charge on any atom is 0.138 e. The number of halogens is 1. The third kappa shape index (κ3) is 2.84. The first-order valence-corrected chi connectivity index (χ1v) is 5.85. The molecule has 1 aliphatic rings. The van der Waals surface area contributed by atoms with E-state index in [4.69, 9.17) is 22.1 Å². The van der Waals surface area contributed by atoms with E-state index in [9.17, 15) is 0 Å². The summed E-state index contributed by atoms with van der Waals surface area (Å²) in [7, 11) is 0. The van der Waals surface area contributed by atoms with Crippen molar-refractivity contribution in [1.29, 1.82) is 0 Å². The Hall–Kier alpha value is -0.840. The van der Waals surface area contributed by atoms with Gasteiger partial charge in [0, 0.05) is 24.6 Å². The van der Waals surface area contributed by atoms with Crippen molar-refractivity contribution < 1.29 is 4.74 Å². The molecule has 0 spiro atoms. The molecule has 0 aliphatic carbocycles. The minimum Gasteiger partial charge on any atom is -0.492 e. The molecule has 0 unspecified atom stereocenters. The minimum absolute atomic E-state index is 0.383. The fourth-order valence-corrected chi connectivity index (χ4v) is 1.95. The second-order valence-electron chi connectivity index (χ2n) is 3.99. The molecule has 5 heteroatoms. The molecule has 1 aromatic heterocycles. The van der Waals surface area contributed by atoms with Crippen LogP contribution in [0.1, 0.15) is 12.0 Å². The van der Waals surface area contributed by atoms with E-state index in [2.05, 4.69) is 10.3 Å². The quantitative estimate of drug-likeness (QED) is 0.778. The Kier molecular flexibility index (Phi) is 3.98. The summed E-state index contributed by atoms with van der Waals surface area (Å²) in [5.41, 5.74) is 6.37. The van der Waals surface area contributed by atoms with Crippen LogP contribution in [0.25, 0.3) is 0 Å². The number of rotatable bonds is 4. The van der Waals surface area contributed by atoms with Crippen LogP contribution in [0.2, 0.25) is 5.15 Å². The van der Waals surface area contributed by atoms with Crippen LogP contribution in [0.15, 0.2) is 12.3 Å². The Morgan fingerprint density at radius 1 is 1.62 bits per heavy atom. The maximum atomic E-state index is 5.87. The summed E-state index contributed by atoms with van der Waals surface area (Å²) < 4.78 is 5.67. The van der Waals surface area contributed by atoms with Gasteiger partial charge < -0.3 is 15.8 Å². The molecule has 1 aliphatic heterocycles. The van der Waals surface area contributed by atoms with Crippen LogP contribution in [-0.2, 0) is 6.54 Å². The summed E-state index contributed by atoms with van der Waals surface area (Å²) in [6.45, 7) is 3.22. The first kappa shape index (κ1) is 11.6. The van der Waals surface area contributed by atoms with Crippen LogP contribution >= 0.6 is 11.6 Å². The zero-order chi connectivity index (χ0) is 11.4. The molecule has 2 rings (SSSR count). The SMILES string of the molecule is NCc1cc(OC[C@@H]2CCNC2)cnc1Cl. The van der Waals surface area contributed by atoms with Crippen molar-refractivity contribution in [3.8, 4) is 5.75 Å². The molecular weight excluding hydrogens is 226 g/mol. The van der Waals surface area contributed by atoms with E-state index >= 15 is 0 Å². The summed E-state index contributed by atoms with van der Waals surface area (Å²) in [6, 6.07) is 1.86. The molecule has 2 heterocycles. The van der Waals surface area contributed by atoms with Crippen molar-refractivity contribution in [2.24, 2.45) is 11.7 Å². The first-order chi connectivity index (χ1) is 7.79. The Labute approximate surface area is 100 Å². The van der Waals surface area contributed by atoms with Gasteiger partial charge in [0.1, 0.15) is 10.9 Å². The van der Waals surface area contributed by atoms with Gasteiger partial charge in [-0.1, -0.05) is 11.6 Å². The summed E-state index contributed by atoms with van der Waals surface area (Å²) >= 11 is 5.87. The number of nitrogens with two attached hydrogens (primary N) is 1. The van der Waals surface area contributed by atoms with E-state index in [0.717, 1.165) is 31.0 Å². The number of ether oxygens (including phenoxy) is 1. The highest BCUT2D eigenvalue weighted by Gasteiger charge is 2.15. The van der Waals surface area contributed by atoms with Crippen molar-refractivity contribution in [3.63, 3.8) is 0 Å². The predicted molar refractivity (Wildman–Crippen MR) is 63.6 cm³/mol. The largest absolute Gasteiger partial charge is 0.492 e. The third-order valence-corrected chi connectivity index (χ3v) is 3.09. The van der Waals surface area contributed by atoms with Gasteiger partial charge in [0.15, 0.2) is 0 Å². The Bertz CT molecular complexity index is 353. The monoisotopic (exact) mass is 241 g/mol. The summed E-state index contributed by atoms with van der Waals surface area (Å²) in [5.74, 6) is 1.34. The highest BCUT2D eigenvalue weighted by atomic mass is 35.5. The molecule has 0 bridgehead atoms. The van der Waals surface area contributed by atoms with E-state index in [0.29, 0.717) is 17.6 Å². The predicted octanol–water partition coefficient (Wildman–Crippen LogP) is 1.18. The molecule has 1 aromatic rings. The van der Waals surface area contributed by atoms with Gasteiger partial charge in [0.2, 0.25) is 0 Å². The zero-order valence-corrected chi connectivity index (χ0v) is 9.83. The lowest BCUT2D eigenvalue weighted by atomic mass is 10.1. The van der Waals surface area contributed by atoms with Gasteiger partial charge in [-0.05, 0) is 19.0 Å². The van der Waals surface area contributed by atoms with E-state index in [-0.39, 0.29) is 0 Å². The average molecular weight is 242 g/mol. The molecule has 0 saturated carbocycles. The number of aromatic nitrogens is 1. The lowest BCUT2D eigenvalue weighted by Gasteiger charge is -2.11. The smallest absolute Gasteiger partial charge is 0.138 e. The molecule has 1 saturated heterocycles. The Morgan fingerprint density at radius 2 is 2.50 bits per heavy atom. The highest BCUT2D eigenvalue weighted by Crippen LogP contribution is 2.19. The molecule has 4 nitrogen and oxygen atoms in total. The lowest BCUT2D eigenvalue weighted by molar-refractivity contribution is 0.259. The summed E-state index contributed by atoms with van der Waals surface area (Å²) in [6.07, 6.45) is 2.81. The highest BCUT2D eigenvalue weighted by molar-refractivity contribution is 6.30. The third-order valence-electron chi connectivity index (χ3n) is 2.75. The van der Waals surface area contributed by atoms with Gasteiger partial charge in [0.25, 0.3) is 0 Å². The standard InChI is InChI=1S/C11H16ClN3O/c12-11-9(4-13)3-10(6-15-11)16-7-8-1-2-14-5-8/h3,6,8,14H,1-2,4-5,7,13H2/t8-/m1/s1. The second-order valence-corrected chi connectivity index (χ2v) is 4.35. The molecule has 0 amide bonds. The van der Waals surface area contributed by atoms with E-state index < -0.39 is 0 Å². The number of nitrogens with zero attached hydrogens (tertiary/aromatic N) is 1. The molecule has 0 aromatic carbocycles. The maximum absolute atomic E-state index is 5.87. The summed E-state index contributed by atoms with van der Waals surface area (Å²) in [4.78, 5) is 4.04. The number of hydrogen-bond donors (Lipinski definition) is 2.